The van der Waals surface area contributed by atoms with E-state index in [9.17, 15) is 22.8 Å². The molecule has 1 fully saturated rings. The number of carboxylic acid groups (broad SMARTS) is 1. The number of aliphatic carboxylic acids is 1. The van der Waals surface area contributed by atoms with Gasteiger partial charge in [0.25, 0.3) is 0 Å². The zero-order chi connectivity index (χ0) is 19.6. The summed E-state index contributed by atoms with van der Waals surface area (Å²) in [5, 5.41) is 11.5. The molecular weight excluding hydrogens is 381 g/mol. The molecule has 3 rings (SSSR count). The minimum atomic E-state index is -4.65. The highest BCUT2D eigenvalue weighted by Crippen LogP contribution is 2.37. The molecule has 9 heteroatoms. The van der Waals surface area contributed by atoms with Crippen LogP contribution in [0.1, 0.15) is 16.3 Å². The van der Waals surface area contributed by atoms with E-state index in [1.807, 2.05) is 30.3 Å². The SMILES string of the molecule is O=C(O)[C@@H]1CN(C(=O)Cc2csc(Cc3ccccc3)n2)C[C@H]1C(F)(F)F. The lowest BCUT2D eigenvalue weighted by atomic mass is 9.96. The molecule has 0 unspecified atom stereocenters. The summed E-state index contributed by atoms with van der Waals surface area (Å²) in [6.07, 6.45) is -4.18. The minimum absolute atomic E-state index is 0.137. The molecule has 0 saturated carbocycles. The van der Waals surface area contributed by atoms with Gasteiger partial charge in [-0.25, -0.2) is 4.98 Å². The Kier molecular flexibility index (Phi) is 5.50. The Hall–Kier alpha value is -2.42. The number of hydrogen-bond donors (Lipinski definition) is 1. The number of likely N-dealkylation sites (tertiary alicyclic amines) is 1. The molecule has 0 bridgehead atoms. The third-order valence-corrected chi connectivity index (χ3v) is 5.44. The number of carbonyl (C=O) groups excluding carboxylic acids is 1. The van der Waals surface area contributed by atoms with Gasteiger partial charge in [-0.05, 0) is 5.56 Å². The van der Waals surface area contributed by atoms with Crippen LogP contribution in [-0.4, -0.2) is 46.1 Å². The molecule has 144 valence electrons. The van der Waals surface area contributed by atoms with Crippen molar-refractivity contribution in [2.45, 2.75) is 19.0 Å². The fourth-order valence-electron chi connectivity index (χ4n) is 3.14. The number of carbonyl (C=O) groups is 2. The van der Waals surface area contributed by atoms with Crippen LogP contribution in [0.4, 0.5) is 13.2 Å². The van der Waals surface area contributed by atoms with Gasteiger partial charge in [-0.2, -0.15) is 13.2 Å². The van der Waals surface area contributed by atoms with Gasteiger partial charge in [0.05, 0.1) is 29.0 Å². The first kappa shape index (κ1) is 19.3. The Morgan fingerprint density at radius 1 is 1.22 bits per heavy atom. The van der Waals surface area contributed by atoms with Gasteiger partial charge in [0, 0.05) is 24.9 Å². The van der Waals surface area contributed by atoms with Gasteiger partial charge in [0.2, 0.25) is 5.91 Å². The van der Waals surface area contributed by atoms with Crippen LogP contribution in [0.3, 0.4) is 0 Å². The van der Waals surface area contributed by atoms with Crippen LogP contribution in [0.15, 0.2) is 35.7 Å². The first-order chi connectivity index (χ1) is 12.7. The third kappa shape index (κ3) is 4.65. The number of nitrogens with zero attached hydrogens (tertiary/aromatic N) is 2. The molecule has 1 saturated heterocycles. The van der Waals surface area contributed by atoms with E-state index in [-0.39, 0.29) is 6.42 Å². The van der Waals surface area contributed by atoms with Crippen molar-refractivity contribution >= 4 is 23.2 Å². The van der Waals surface area contributed by atoms with Crippen molar-refractivity contribution in [3.63, 3.8) is 0 Å². The van der Waals surface area contributed by atoms with E-state index in [4.69, 9.17) is 5.11 Å². The molecule has 0 aliphatic carbocycles. The summed E-state index contributed by atoms with van der Waals surface area (Å²) in [7, 11) is 0. The van der Waals surface area contributed by atoms with Crippen molar-refractivity contribution in [3.8, 4) is 0 Å². The van der Waals surface area contributed by atoms with E-state index in [1.165, 1.54) is 11.3 Å². The smallest absolute Gasteiger partial charge is 0.394 e. The molecule has 0 radical (unpaired) electrons. The van der Waals surface area contributed by atoms with Crippen LogP contribution < -0.4 is 0 Å². The molecule has 2 heterocycles. The molecule has 1 aliphatic rings. The largest absolute Gasteiger partial charge is 0.481 e. The number of amides is 1. The van der Waals surface area contributed by atoms with Crippen molar-refractivity contribution in [3.05, 3.63) is 52.0 Å². The third-order valence-electron chi connectivity index (χ3n) is 4.54. The van der Waals surface area contributed by atoms with Crippen LogP contribution in [0.5, 0.6) is 0 Å². The maximum absolute atomic E-state index is 13.0. The number of halogens is 3. The summed E-state index contributed by atoms with van der Waals surface area (Å²) >= 11 is 1.38. The number of hydrogen-bond acceptors (Lipinski definition) is 4. The van der Waals surface area contributed by atoms with Crippen LogP contribution >= 0.6 is 11.3 Å². The average Bonchev–Trinajstić information content (AvgIpc) is 3.22. The van der Waals surface area contributed by atoms with E-state index >= 15 is 0 Å². The fourth-order valence-corrected chi connectivity index (χ4v) is 3.97. The van der Waals surface area contributed by atoms with E-state index in [0.717, 1.165) is 15.5 Å². The Morgan fingerprint density at radius 3 is 2.52 bits per heavy atom. The monoisotopic (exact) mass is 398 g/mol. The van der Waals surface area contributed by atoms with Gasteiger partial charge in [-0.15, -0.1) is 11.3 Å². The Balaban J connectivity index is 1.63. The second kappa shape index (κ2) is 7.67. The molecule has 27 heavy (non-hydrogen) atoms. The van der Waals surface area contributed by atoms with E-state index in [1.54, 1.807) is 5.38 Å². The molecule has 0 spiro atoms. The standard InChI is InChI=1S/C18H17F3N2O3S/c19-18(20,21)14-9-23(8-13(14)17(25)26)16(24)7-12-10-27-15(22-12)6-11-4-2-1-3-5-11/h1-5,10,13-14H,6-9H2,(H,25,26)/t13-,14-/m1/s1. The molecule has 1 amide bonds. The number of benzene rings is 1. The van der Waals surface area contributed by atoms with Crippen molar-refractivity contribution in [2.24, 2.45) is 11.8 Å². The maximum Gasteiger partial charge on any atom is 0.394 e. The first-order valence-corrected chi connectivity index (χ1v) is 9.16. The van der Waals surface area contributed by atoms with Crippen molar-refractivity contribution < 1.29 is 27.9 Å². The number of thiazole rings is 1. The van der Waals surface area contributed by atoms with E-state index in [0.29, 0.717) is 12.1 Å². The summed E-state index contributed by atoms with van der Waals surface area (Å²) in [5.74, 6) is -5.74. The van der Waals surface area contributed by atoms with Gasteiger partial charge < -0.3 is 10.0 Å². The zero-order valence-corrected chi connectivity index (χ0v) is 15.0. The van der Waals surface area contributed by atoms with E-state index in [2.05, 4.69) is 4.98 Å². The Labute approximate surface area is 157 Å². The normalized spacial score (nSPS) is 20.0. The quantitative estimate of drug-likeness (QED) is 0.841. The first-order valence-electron chi connectivity index (χ1n) is 8.28. The lowest BCUT2D eigenvalue weighted by Gasteiger charge is -2.18. The summed E-state index contributed by atoms with van der Waals surface area (Å²) in [6, 6.07) is 9.65. The number of rotatable bonds is 5. The molecule has 1 N–H and O–H groups in total. The molecule has 5 nitrogen and oxygen atoms in total. The van der Waals surface area contributed by atoms with Gasteiger partial charge in [-0.1, -0.05) is 30.3 Å². The minimum Gasteiger partial charge on any atom is -0.481 e. The molecule has 2 aromatic rings. The van der Waals surface area contributed by atoms with Gasteiger partial charge in [0.15, 0.2) is 0 Å². The molecule has 1 aromatic carbocycles. The van der Waals surface area contributed by atoms with Crippen LogP contribution in [0.25, 0.3) is 0 Å². The Bertz CT molecular complexity index is 823. The lowest BCUT2D eigenvalue weighted by Crippen LogP contribution is -2.34. The predicted octanol–water partition coefficient (Wildman–Crippen LogP) is 3.00. The average molecular weight is 398 g/mol. The summed E-state index contributed by atoms with van der Waals surface area (Å²) in [5.41, 5.74) is 1.56. The summed E-state index contributed by atoms with van der Waals surface area (Å²) in [6.45, 7) is -1.06. The highest BCUT2D eigenvalue weighted by molar-refractivity contribution is 7.09. The highest BCUT2D eigenvalue weighted by Gasteiger charge is 2.53. The molecular formula is C18H17F3N2O3S. The van der Waals surface area contributed by atoms with Crippen LogP contribution in [-0.2, 0) is 22.4 Å². The van der Waals surface area contributed by atoms with Crippen molar-refractivity contribution in [1.29, 1.82) is 0 Å². The van der Waals surface area contributed by atoms with Crippen molar-refractivity contribution in [2.75, 3.05) is 13.1 Å². The zero-order valence-electron chi connectivity index (χ0n) is 14.1. The van der Waals surface area contributed by atoms with E-state index < -0.39 is 43.0 Å². The molecule has 2 atom stereocenters. The fraction of sp³-hybridized carbons (Fsp3) is 0.389. The highest BCUT2D eigenvalue weighted by atomic mass is 32.1. The predicted molar refractivity (Wildman–Crippen MR) is 92.3 cm³/mol. The summed E-state index contributed by atoms with van der Waals surface area (Å²) in [4.78, 5) is 28.8. The Morgan fingerprint density at radius 2 is 1.93 bits per heavy atom. The van der Waals surface area contributed by atoms with Crippen LogP contribution in [0.2, 0.25) is 0 Å². The van der Waals surface area contributed by atoms with Crippen LogP contribution in [0, 0.1) is 11.8 Å². The second-order valence-corrected chi connectivity index (χ2v) is 7.41. The number of alkyl halides is 3. The second-order valence-electron chi connectivity index (χ2n) is 6.46. The molecule has 1 aliphatic heterocycles. The number of aromatic nitrogens is 1. The van der Waals surface area contributed by atoms with Gasteiger partial charge in [-0.3, -0.25) is 9.59 Å². The summed E-state index contributed by atoms with van der Waals surface area (Å²) < 4.78 is 39.1. The topological polar surface area (TPSA) is 70.5 Å². The van der Waals surface area contributed by atoms with Gasteiger partial charge in [0.1, 0.15) is 0 Å². The van der Waals surface area contributed by atoms with Gasteiger partial charge >= 0.3 is 12.1 Å². The molecule has 1 aromatic heterocycles. The lowest BCUT2D eigenvalue weighted by molar-refractivity contribution is -0.188. The maximum atomic E-state index is 13.0. The van der Waals surface area contributed by atoms with Crippen molar-refractivity contribution in [1.82, 2.24) is 9.88 Å². The number of carboxylic acids is 1.